The summed E-state index contributed by atoms with van der Waals surface area (Å²) in [6.07, 6.45) is 5.52. The molecule has 1 aromatic heterocycles. The molecular weight excluding hydrogens is 200 g/mol. The molecule has 0 aliphatic carbocycles. The van der Waals surface area contributed by atoms with E-state index < -0.39 is 0 Å². The summed E-state index contributed by atoms with van der Waals surface area (Å²) in [5.74, 6) is 1.12. The van der Waals surface area contributed by atoms with Crippen molar-refractivity contribution in [2.24, 2.45) is 0 Å². The predicted molar refractivity (Wildman–Crippen MR) is 65.5 cm³/mol. The van der Waals surface area contributed by atoms with Gasteiger partial charge in [-0.2, -0.15) is 0 Å². The van der Waals surface area contributed by atoms with Crippen LogP contribution in [0.2, 0.25) is 0 Å². The van der Waals surface area contributed by atoms with Crippen molar-refractivity contribution < 1.29 is 4.42 Å². The van der Waals surface area contributed by atoms with Gasteiger partial charge in [0.05, 0.1) is 6.26 Å². The van der Waals surface area contributed by atoms with E-state index in [1.807, 2.05) is 0 Å². The molecule has 2 rings (SSSR count). The Bertz CT molecular complexity index is 303. The average molecular weight is 222 g/mol. The molecule has 0 unspecified atom stereocenters. The Balaban J connectivity index is 1.64. The van der Waals surface area contributed by atoms with Gasteiger partial charge in [-0.1, -0.05) is 6.92 Å². The summed E-state index contributed by atoms with van der Waals surface area (Å²) in [6.45, 7) is 7.90. The van der Waals surface area contributed by atoms with Gasteiger partial charge in [0.1, 0.15) is 5.76 Å². The minimum atomic E-state index is 0.938. The molecule has 90 valence electrons. The van der Waals surface area contributed by atoms with Crippen molar-refractivity contribution in [3.8, 4) is 0 Å². The molecule has 1 aliphatic heterocycles. The van der Waals surface area contributed by atoms with Crippen molar-refractivity contribution in [1.82, 2.24) is 10.2 Å². The van der Waals surface area contributed by atoms with Gasteiger partial charge in [0.2, 0.25) is 0 Å². The van der Waals surface area contributed by atoms with Gasteiger partial charge in [-0.3, -0.25) is 0 Å². The number of hydrogen-bond donors (Lipinski definition) is 1. The fourth-order valence-corrected chi connectivity index (χ4v) is 2.30. The summed E-state index contributed by atoms with van der Waals surface area (Å²) in [5.41, 5.74) is 1.31. The first-order chi connectivity index (χ1) is 7.90. The third-order valence-electron chi connectivity index (χ3n) is 3.28. The number of nitrogens with zero attached hydrogens (tertiary/aromatic N) is 1. The van der Waals surface area contributed by atoms with E-state index >= 15 is 0 Å². The van der Waals surface area contributed by atoms with E-state index in [0.29, 0.717) is 0 Å². The normalized spacial score (nSPS) is 17.1. The monoisotopic (exact) mass is 222 g/mol. The van der Waals surface area contributed by atoms with Crippen LogP contribution in [-0.2, 0) is 13.0 Å². The summed E-state index contributed by atoms with van der Waals surface area (Å²) >= 11 is 0. The lowest BCUT2D eigenvalue weighted by atomic mass is 10.2. The van der Waals surface area contributed by atoms with Crippen LogP contribution in [0.15, 0.2) is 16.7 Å². The van der Waals surface area contributed by atoms with E-state index in [9.17, 15) is 0 Å². The topological polar surface area (TPSA) is 28.4 Å². The molecule has 0 radical (unpaired) electrons. The number of nitrogens with one attached hydrogen (secondary N) is 1. The Hall–Kier alpha value is -0.800. The molecule has 1 N–H and O–H groups in total. The molecule has 3 heteroatoms. The maximum absolute atomic E-state index is 5.39. The molecular formula is C13H22N2O. The Kier molecular flexibility index (Phi) is 4.43. The lowest BCUT2D eigenvalue weighted by Crippen LogP contribution is -2.29. The zero-order valence-corrected chi connectivity index (χ0v) is 10.2. The first-order valence-corrected chi connectivity index (χ1v) is 6.38. The van der Waals surface area contributed by atoms with Crippen LogP contribution in [0.25, 0.3) is 0 Å². The molecule has 0 aromatic carbocycles. The maximum Gasteiger partial charge on any atom is 0.107 e. The Labute approximate surface area is 97.8 Å². The molecule has 0 amide bonds. The lowest BCUT2D eigenvalue weighted by molar-refractivity contribution is 0.335. The van der Waals surface area contributed by atoms with Gasteiger partial charge in [0, 0.05) is 31.6 Å². The van der Waals surface area contributed by atoms with Gasteiger partial charge in [0.25, 0.3) is 0 Å². The summed E-state index contributed by atoms with van der Waals surface area (Å²) in [7, 11) is 0. The zero-order chi connectivity index (χ0) is 11.2. The van der Waals surface area contributed by atoms with E-state index in [1.54, 1.807) is 6.26 Å². The predicted octanol–water partition coefficient (Wildman–Crippen LogP) is 2.03. The van der Waals surface area contributed by atoms with E-state index in [1.165, 1.54) is 38.0 Å². The first-order valence-electron chi connectivity index (χ1n) is 6.38. The minimum absolute atomic E-state index is 0.938. The van der Waals surface area contributed by atoms with Crippen LogP contribution in [0.3, 0.4) is 0 Å². The largest absolute Gasteiger partial charge is 0.469 e. The fourth-order valence-electron chi connectivity index (χ4n) is 2.30. The molecule has 0 atom stereocenters. The van der Waals surface area contributed by atoms with Crippen molar-refractivity contribution in [1.29, 1.82) is 0 Å². The molecule has 0 spiro atoms. The number of aryl methyl sites for hydroxylation is 1. The molecule has 2 heterocycles. The van der Waals surface area contributed by atoms with Gasteiger partial charge < -0.3 is 14.6 Å². The lowest BCUT2D eigenvalue weighted by Gasteiger charge is -2.14. The SMILES string of the molecule is CCc1occc1CNCCN1CCCC1. The second-order valence-corrected chi connectivity index (χ2v) is 4.45. The Morgan fingerprint density at radius 1 is 1.38 bits per heavy atom. The summed E-state index contributed by atoms with van der Waals surface area (Å²) in [6, 6.07) is 2.07. The molecule has 0 bridgehead atoms. The first kappa shape index (κ1) is 11.7. The van der Waals surface area contributed by atoms with Gasteiger partial charge in [-0.15, -0.1) is 0 Å². The third kappa shape index (κ3) is 3.09. The highest BCUT2D eigenvalue weighted by molar-refractivity contribution is 5.16. The fraction of sp³-hybridized carbons (Fsp3) is 0.692. The van der Waals surface area contributed by atoms with Crippen LogP contribution in [0.1, 0.15) is 31.1 Å². The van der Waals surface area contributed by atoms with Crippen LogP contribution in [0.4, 0.5) is 0 Å². The third-order valence-corrected chi connectivity index (χ3v) is 3.28. The molecule has 16 heavy (non-hydrogen) atoms. The van der Waals surface area contributed by atoms with Crippen LogP contribution in [0.5, 0.6) is 0 Å². The van der Waals surface area contributed by atoms with E-state index in [0.717, 1.165) is 25.3 Å². The highest BCUT2D eigenvalue weighted by atomic mass is 16.3. The summed E-state index contributed by atoms with van der Waals surface area (Å²) in [5, 5.41) is 3.49. The smallest absolute Gasteiger partial charge is 0.107 e. The summed E-state index contributed by atoms with van der Waals surface area (Å²) < 4.78 is 5.39. The quantitative estimate of drug-likeness (QED) is 0.747. The average Bonchev–Trinajstić information content (AvgIpc) is 2.95. The van der Waals surface area contributed by atoms with Gasteiger partial charge in [-0.05, 0) is 32.0 Å². The molecule has 1 saturated heterocycles. The standard InChI is InChI=1S/C13H22N2O/c1-2-13-12(5-10-16-13)11-14-6-9-15-7-3-4-8-15/h5,10,14H,2-4,6-9,11H2,1H3. The second-order valence-electron chi connectivity index (χ2n) is 4.45. The molecule has 3 nitrogen and oxygen atoms in total. The second kappa shape index (κ2) is 6.06. The minimum Gasteiger partial charge on any atom is -0.469 e. The van der Waals surface area contributed by atoms with Crippen LogP contribution in [-0.4, -0.2) is 31.1 Å². The molecule has 1 fully saturated rings. The molecule has 1 aliphatic rings. The van der Waals surface area contributed by atoms with Gasteiger partial charge >= 0.3 is 0 Å². The Morgan fingerprint density at radius 3 is 2.94 bits per heavy atom. The van der Waals surface area contributed by atoms with Crippen LogP contribution < -0.4 is 5.32 Å². The van der Waals surface area contributed by atoms with Crippen molar-refractivity contribution in [2.75, 3.05) is 26.2 Å². The van der Waals surface area contributed by atoms with E-state index in [-0.39, 0.29) is 0 Å². The number of hydrogen-bond acceptors (Lipinski definition) is 3. The van der Waals surface area contributed by atoms with Crippen molar-refractivity contribution in [3.63, 3.8) is 0 Å². The van der Waals surface area contributed by atoms with Crippen molar-refractivity contribution in [3.05, 3.63) is 23.7 Å². The Morgan fingerprint density at radius 2 is 2.19 bits per heavy atom. The van der Waals surface area contributed by atoms with Crippen molar-refractivity contribution in [2.45, 2.75) is 32.7 Å². The number of likely N-dealkylation sites (tertiary alicyclic amines) is 1. The van der Waals surface area contributed by atoms with E-state index in [4.69, 9.17) is 4.42 Å². The highest BCUT2D eigenvalue weighted by Gasteiger charge is 2.10. The van der Waals surface area contributed by atoms with E-state index in [2.05, 4.69) is 23.2 Å². The highest BCUT2D eigenvalue weighted by Crippen LogP contribution is 2.10. The van der Waals surface area contributed by atoms with Gasteiger partial charge in [-0.25, -0.2) is 0 Å². The van der Waals surface area contributed by atoms with Crippen molar-refractivity contribution >= 4 is 0 Å². The van der Waals surface area contributed by atoms with Crippen LogP contribution in [0, 0.1) is 0 Å². The summed E-state index contributed by atoms with van der Waals surface area (Å²) in [4.78, 5) is 2.53. The number of rotatable bonds is 6. The number of furan rings is 1. The molecule has 0 saturated carbocycles. The molecule has 1 aromatic rings. The van der Waals surface area contributed by atoms with Gasteiger partial charge in [0.15, 0.2) is 0 Å². The maximum atomic E-state index is 5.39. The zero-order valence-electron chi connectivity index (χ0n) is 10.2. The van der Waals surface area contributed by atoms with Crippen LogP contribution >= 0.6 is 0 Å².